The topological polar surface area (TPSA) is 45.8 Å². The van der Waals surface area contributed by atoms with Crippen LogP contribution in [0.15, 0.2) is 18.2 Å². The number of benzene rings is 1. The van der Waals surface area contributed by atoms with Gasteiger partial charge in [0.2, 0.25) is 0 Å². The van der Waals surface area contributed by atoms with Gasteiger partial charge in [0.05, 0.1) is 17.1 Å². The van der Waals surface area contributed by atoms with Crippen LogP contribution in [-0.4, -0.2) is 16.0 Å². The zero-order chi connectivity index (χ0) is 10.1. The molecule has 0 aliphatic carbocycles. The average molecular weight is 209 g/mol. The highest BCUT2D eigenvalue weighted by atomic mass is 35.5. The van der Waals surface area contributed by atoms with Gasteiger partial charge >= 0.3 is 0 Å². The molecule has 0 atom stereocenters. The summed E-state index contributed by atoms with van der Waals surface area (Å²) in [4.78, 5) is 11.1. The summed E-state index contributed by atoms with van der Waals surface area (Å²) in [5, 5.41) is 7.87. The molecule has 1 heterocycles. The van der Waals surface area contributed by atoms with Crippen molar-refractivity contribution in [2.45, 2.75) is 12.8 Å². The first-order valence-corrected chi connectivity index (χ1v) is 4.79. The number of ketones is 1. The minimum atomic E-state index is 0.0499. The Kier molecular flexibility index (Phi) is 2.25. The summed E-state index contributed by atoms with van der Waals surface area (Å²) in [6.45, 7) is 1.54. The highest BCUT2D eigenvalue weighted by Gasteiger charge is 2.06. The highest BCUT2D eigenvalue weighted by molar-refractivity contribution is 6.17. The lowest BCUT2D eigenvalue weighted by Crippen LogP contribution is -1.90. The number of alkyl halides is 1. The number of fused-ring (bicyclic) bond motifs is 1. The Bertz CT molecular complexity index is 490. The molecule has 0 aliphatic rings. The first kappa shape index (κ1) is 9.21. The van der Waals surface area contributed by atoms with Crippen LogP contribution in [0.3, 0.4) is 0 Å². The van der Waals surface area contributed by atoms with Gasteiger partial charge in [-0.3, -0.25) is 9.89 Å². The van der Waals surface area contributed by atoms with Crippen LogP contribution in [0.1, 0.15) is 23.0 Å². The molecule has 2 rings (SSSR count). The second kappa shape index (κ2) is 3.42. The fourth-order valence-corrected chi connectivity index (χ4v) is 1.60. The molecule has 0 spiro atoms. The largest absolute Gasteiger partial charge is 0.295 e. The highest BCUT2D eigenvalue weighted by Crippen LogP contribution is 2.18. The predicted octanol–water partition coefficient (Wildman–Crippen LogP) is 2.50. The SMILES string of the molecule is CC(=O)c1ccc2c(CCl)n[nH]c2c1. The van der Waals surface area contributed by atoms with E-state index < -0.39 is 0 Å². The Hall–Kier alpha value is -1.35. The fraction of sp³-hybridized carbons (Fsp3) is 0.200. The van der Waals surface area contributed by atoms with Gasteiger partial charge in [0.1, 0.15) is 0 Å². The maximum atomic E-state index is 11.1. The fourth-order valence-electron chi connectivity index (χ4n) is 1.40. The van der Waals surface area contributed by atoms with Gasteiger partial charge in [-0.15, -0.1) is 11.6 Å². The molecule has 0 aliphatic heterocycles. The summed E-state index contributed by atoms with van der Waals surface area (Å²) >= 11 is 5.70. The van der Waals surface area contributed by atoms with Gasteiger partial charge in [-0.05, 0) is 13.0 Å². The molecule has 1 aromatic carbocycles. The number of hydrogen-bond acceptors (Lipinski definition) is 2. The maximum absolute atomic E-state index is 11.1. The number of aromatic nitrogens is 2. The minimum Gasteiger partial charge on any atom is -0.295 e. The Balaban J connectivity index is 2.63. The summed E-state index contributed by atoms with van der Waals surface area (Å²) in [5.74, 6) is 0.424. The molecule has 0 radical (unpaired) electrons. The number of carbonyl (C=O) groups excluding carboxylic acids is 1. The molecule has 1 aromatic heterocycles. The maximum Gasteiger partial charge on any atom is 0.159 e. The number of Topliss-reactive ketones (excluding diaryl/α,β-unsaturated/α-hetero) is 1. The number of H-pyrrole nitrogens is 1. The smallest absolute Gasteiger partial charge is 0.159 e. The van der Waals surface area contributed by atoms with Crippen LogP contribution in [0.25, 0.3) is 10.9 Å². The van der Waals surface area contributed by atoms with Crippen LogP contribution < -0.4 is 0 Å². The molecule has 14 heavy (non-hydrogen) atoms. The molecule has 0 fully saturated rings. The molecule has 0 amide bonds. The van der Waals surface area contributed by atoms with Crippen LogP contribution in [0, 0.1) is 0 Å². The lowest BCUT2D eigenvalue weighted by Gasteiger charge is -1.95. The van der Waals surface area contributed by atoms with Crippen molar-refractivity contribution in [1.29, 1.82) is 0 Å². The summed E-state index contributed by atoms with van der Waals surface area (Å²) in [7, 11) is 0. The van der Waals surface area contributed by atoms with Crippen LogP contribution in [0.5, 0.6) is 0 Å². The van der Waals surface area contributed by atoms with E-state index in [0.717, 1.165) is 16.6 Å². The van der Waals surface area contributed by atoms with Gasteiger partial charge in [-0.25, -0.2) is 0 Å². The quantitative estimate of drug-likeness (QED) is 0.609. The van der Waals surface area contributed by atoms with Crippen molar-refractivity contribution in [3.05, 3.63) is 29.5 Å². The Morgan fingerprint density at radius 1 is 1.57 bits per heavy atom. The third kappa shape index (κ3) is 1.40. The third-order valence-corrected chi connectivity index (χ3v) is 2.43. The van der Waals surface area contributed by atoms with Crippen molar-refractivity contribution in [1.82, 2.24) is 10.2 Å². The Morgan fingerprint density at radius 2 is 2.36 bits per heavy atom. The van der Waals surface area contributed by atoms with Crippen molar-refractivity contribution in [3.63, 3.8) is 0 Å². The molecule has 72 valence electrons. The van der Waals surface area contributed by atoms with Gasteiger partial charge in [-0.2, -0.15) is 5.10 Å². The Morgan fingerprint density at radius 3 is 3.00 bits per heavy atom. The van der Waals surface area contributed by atoms with Crippen LogP contribution in [0.2, 0.25) is 0 Å². The van der Waals surface area contributed by atoms with Gasteiger partial charge in [0.25, 0.3) is 0 Å². The number of nitrogens with zero attached hydrogens (tertiary/aromatic N) is 1. The molecular formula is C10H9ClN2O. The molecule has 0 bridgehead atoms. The van der Waals surface area contributed by atoms with E-state index >= 15 is 0 Å². The molecular weight excluding hydrogens is 200 g/mol. The Labute approximate surface area is 86.1 Å². The van der Waals surface area contributed by atoms with E-state index in [1.165, 1.54) is 0 Å². The van der Waals surface area contributed by atoms with E-state index in [1.807, 2.05) is 6.07 Å². The standard InChI is InChI=1S/C10H9ClN2O/c1-6(14)7-2-3-8-9(4-7)12-13-10(8)5-11/h2-4H,5H2,1H3,(H,12,13). The summed E-state index contributed by atoms with van der Waals surface area (Å²) in [5.41, 5.74) is 2.35. The van der Waals surface area contributed by atoms with E-state index in [9.17, 15) is 4.79 Å². The average Bonchev–Trinajstić information content (AvgIpc) is 2.59. The first-order chi connectivity index (χ1) is 6.72. The number of aromatic amines is 1. The molecule has 2 aromatic rings. The van der Waals surface area contributed by atoms with Crippen molar-refractivity contribution in [2.24, 2.45) is 0 Å². The summed E-state index contributed by atoms with van der Waals surface area (Å²) in [6, 6.07) is 5.45. The lowest BCUT2D eigenvalue weighted by atomic mass is 10.1. The second-order valence-electron chi connectivity index (χ2n) is 3.12. The van der Waals surface area contributed by atoms with Crippen molar-refractivity contribution in [2.75, 3.05) is 0 Å². The zero-order valence-corrected chi connectivity index (χ0v) is 8.43. The first-order valence-electron chi connectivity index (χ1n) is 4.26. The van der Waals surface area contributed by atoms with Gasteiger partial charge in [-0.1, -0.05) is 12.1 Å². The van der Waals surface area contributed by atoms with Crippen LogP contribution in [-0.2, 0) is 5.88 Å². The predicted molar refractivity (Wildman–Crippen MR) is 55.7 cm³/mol. The zero-order valence-electron chi connectivity index (χ0n) is 7.67. The third-order valence-electron chi connectivity index (χ3n) is 2.17. The molecule has 1 N–H and O–H groups in total. The van der Waals surface area contributed by atoms with Crippen molar-refractivity contribution >= 4 is 28.3 Å². The number of nitrogens with one attached hydrogen (secondary N) is 1. The normalized spacial score (nSPS) is 10.7. The van der Waals surface area contributed by atoms with Gasteiger partial charge < -0.3 is 0 Å². The van der Waals surface area contributed by atoms with E-state index in [0.29, 0.717) is 11.4 Å². The van der Waals surface area contributed by atoms with E-state index in [2.05, 4.69) is 10.2 Å². The van der Waals surface area contributed by atoms with Crippen LogP contribution in [0.4, 0.5) is 0 Å². The number of halogens is 1. The van der Waals surface area contributed by atoms with E-state index in [1.54, 1.807) is 19.1 Å². The molecule has 0 saturated heterocycles. The van der Waals surface area contributed by atoms with E-state index in [4.69, 9.17) is 11.6 Å². The molecule has 3 nitrogen and oxygen atoms in total. The second-order valence-corrected chi connectivity index (χ2v) is 3.39. The molecule has 0 saturated carbocycles. The van der Waals surface area contributed by atoms with Gasteiger partial charge in [0.15, 0.2) is 5.78 Å². The van der Waals surface area contributed by atoms with Crippen molar-refractivity contribution < 1.29 is 4.79 Å². The summed E-state index contributed by atoms with van der Waals surface area (Å²) < 4.78 is 0. The number of rotatable bonds is 2. The molecule has 0 unspecified atom stereocenters. The van der Waals surface area contributed by atoms with Crippen LogP contribution >= 0.6 is 11.6 Å². The lowest BCUT2D eigenvalue weighted by molar-refractivity contribution is 0.101. The minimum absolute atomic E-state index is 0.0499. The molecule has 4 heteroatoms. The number of hydrogen-bond donors (Lipinski definition) is 1. The van der Waals surface area contributed by atoms with Crippen molar-refractivity contribution in [3.8, 4) is 0 Å². The van der Waals surface area contributed by atoms with E-state index in [-0.39, 0.29) is 5.78 Å². The number of carbonyl (C=O) groups is 1. The summed E-state index contributed by atoms with van der Waals surface area (Å²) in [6.07, 6.45) is 0. The van der Waals surface area contributed by atoms with Gasteiger partial charge in [0, 0.05) is 10.9 Å². The monoisotopic (exact) mass is 208 g/mol.